The lowest BCUT2D eigenvalue weighted by Crippen LogP contribution is -2.48. The molecule has 0 radical (unpaired) electrons. The summed E-state index contributed by atoms with van der Waals surface area (Å²) in [7, 11) is -3.23. The van der Waals surface area contributed by atoms with Gasteiger partial charge in [0.1, 0.15) is 0 Å². The Balaban J connectivity index is 1.55. The average molecular weight is 415 g/mol. The third-order valence-corrected chi connectivity index (χ3v) is 7.35. The van der Waals surface area contributed by atoms with Crippen molar-refractivity contribution < 1.29 is 8.42 Å². The van der Waals surface area contributed by atoms with E-state index in [0.29, 0.717) is 13.1 Å². The number of piperazine rings is 1. The topological polar surface area (TPSA) is 40.6 Å². The molecule has 0 bridgehead atoms. The molecule has 0 aliphatic carbocycles. The standard InChI is InChI=1S/C16H19BrN2O2S2/c17-16-10-15(12-22-16)11-18-6-8-19(9-7-18)23(20,21)13-14-4-2-1-3-5-14/h1-5,10,12H,6-9,11,13H2. The molecule has 0 saturated carbocycles. The summed E-state index contributed by atoms with van der Waals surface area (Å²) in [6.07, 6.45) is 0. The van der Waals surface area contributed by atoms with E-state index in [2.05, 4.69) is 32.3 Å². The molecule has 4 nitrogen and oxygen atoms in total. The van der Waals surface area contributed by atoms with Crippen LogP contribution in [0.25, 0.3) is 0 Å². The lowest BCUT2D eigenvalue weighted by Gasteiger charge is -2.33. The van der Waals surface area contributed by atoms with Crippen molar-refractivity contribution >= 4 is 37.3 Å². The Labute approximate surface area is 149 Å². The third-order valence-electron chi connectivity index (χ3n) is 3.94. The lowest BCUT2D eigenvalue weighted by atomic mass is 10.2. The van der Waals surface area contributed by atoms with Gasteiger partial charge >= 0.3 is 0 Å². The van der Waals surface area contributed by atoms with Gasteiger partial charge in [-0.1, -0.05) is 30.3 Å². The fourth-order valence-corrected chi connectivity index (χ4v) is 5.45. The molecule has 0 amide bonds. The first kappa shape index (κ1) is 17.1. The minimum Gasteiger partial charge on any atom is -0.296 e. The number of halogens is 1. The van der Waals surface area contributed by atoms with Gasteiger partial charge in [-0.15, -0.1) is 11.3 Å². The second-order valence-electron chi connectivity index (χ2n) is 5.68. The van der Waals surface area contributed by atoms with Crippen LogP contribution in [0.3, 0.4) is 0 Å². The molecule has 1 saturated heterocycles. The average Bonchev–Trinajstić information content (AvgIpc) is 2.93. The van der Waals surface area contributed by atoms with Crippen LogP contribution in [0.5, 0.6) is 0 Å². The van der Waals surface area contributed by atoms with Gasteiger partial charge in [-0.05, 0) is 38.5 Å². The Morgan fingerprint density at radius 1 is 1.04 bits per heavy atom. The highest BCUT2D eigenvalue weighted by Gasteiger charge is 2.27. The third kappa shape index (κ3) is 4.64. The molecule has 1 aromatic heterocycles. The molecule has 7 heteroatoms. The Morgan fingerprint density at radius 3 is 2.35 bits per heavy atom. The molecule has 0 N–H and O–H groups in total. The van der Waals surface area contributed by atoms with Gasteiger partial charge in [0.25, 0.3) is 0 Å². The quantitative estimate of drug-likeness (QED) is 0.754. The highest BCUT2D eigenvalue weighted by atomic mass is 79.9. The fraction of sp³-hybridized carbons (Fsp3) is 0.375. The van der Waals surface area contributed by atoms with Crippen LogP contribution in [0.4, 0.5) is 0 Å². The van der Waals surface area contributed by atoms with E-state index in [-0.39, 0.29) is 5.75 Å². The summed E-state index contributed by atoms with van der Waals surface area (Å²) in [6.45, 7) is 3.58. The Hall–Kier alpha value is -0.730. The first-order chi connectivity index (χ1) is 11.0. The molecule has 1 aromatic carbocycles. The van der Waals surface area contributed by atoms with Crippen molar-refractivity contribution in [1.29, 1.82) is 0 Å². The van der Waals surface area contributed by atoms with E-state index in [9.17, 15) is 8.42 Å². The van der Waals surface area contributed by atoms with Gasteiger partial charge in [0.15, 0.2) is 0 Å². The predicted molar refractivity (Wildman–Crippen MR) is 97.9 cm³/mol. The van der Waals surface area contributed by atoms with Gasteiger partial charge in [-0.2, -0.15) is 4.31 Å². The van der Waals surface area contributed by atoms with Gasteiger partial charge in [-0.3, -0.25) is 4.90 Å². The molecule has 2 heterocycles. The second-order valence-corrected chi connectivity index (χ2v) is 9.94. The van der Waals surface area contributed by atoms with Gasteiger partial charge in [0, 0.05) is 32.7 Å². The number of nitrogens with zero attached hydrogens (tertiary/aromatic N) is 2. The monoisotopic (exact) mass is 414 g/mol. The number of hydrogen-bond donors (Lipinski definition) is 0. The molecule has 0 unspecified atom stereocenters. The van der Waals surface area contributed by atoms with Crippen molar-refractivity contribution in [2.45, 2.75) is 12.3 Å². The number of benzene rings is 1. The number of rotatable bonds is 5. The minimum absolute atomic E-state index is 0.0886. The number of thiophene rings is 1. The second kappa shape index (κ2) is 7.44. The molecule has 0 spiro atoms. The smallest absolute Gasteiger partial charge is 0.218 e. The zero-order valence-corrected chi connectivity index (χ0v) is 15.9. The molecule has 124 valence electrons. The van der Waals surface area contributed by atoms with Crippen LogP contribution in [0.15, 0.2) is 45.6 Å². The number of sulfonamides is 1. The van der Waals surface area contributed by atoms with Gasteiger partial charge in [-0.25, -0.2) is 8.42 Å². The maximum Gasteiger partial charge on any atom is 0.218 e. The minimum atomic E-state index is -3.23. The molecule has 1 aliphatic rings. The van der Waals surface area contributed by atoms with Gasteiger partial charge < -0.3 is 0 Å². The van der Waals surface area contributed by atoms with E-state index >= 15 is 0 Å². The van der Waals surface area contributed by atoms with Crippen molar-refractivity contribution in [3.63, 3.8) is 0 Å². The Morgan fingerprint density at radius 2 is 1.74 bits per heavy atom. The summed E-state index contributed by atoms with van der Waals surface area (Å²) in [5.74, 6) is 0.0886. The van der Waals surface area contributed by atoms with E-state index in [1.807, 2.05) is 30.3 Å². The normalized spacial score (nSPS) is 17.4. The molecule has 0 atom stereocenters. The van der Waals surface area contributed by atoms with Gasteiger partial charge in [0.2, 0.25) is 10.0 Å². The largest absolute Gasteiger partial charge is 0.296 e. The molecule has 3 rings (SSSR count). The lowest BCUT2D eigenvalue weighted by molar-refractivity contribution is 0.181. The summed E-state index contributed by atoms with van der Waals surface area (Å²) in [5, 5.41) is 2.14. The zero-order valence-electron chi connectivity index (χ0n) is 12.7. The number of hydrogen-bond acceptors (Lipinski definition) is 4. The SMILES string of the molecule is O=S(=O)(Cc1ccccc1)N1CCN(Cc2csc(Br)c2)CC1. The van der Waals surface area contributed by atoms with Crippen molar-refractivity contribution in [3.05, 3.63) is 56.7 Å². The zero-order chi connectivity index (χ0) is 16.3. The van der Waals surface area contributed by atoms with Crippen LogP contribution in [0.2, 0.25) is 0 Å². The van der Waals surface area contributed by atoms with Crippen LogP contribution in [-0.2, 0) is 22.3 Å². The van der Waals surface area contributed by atoms with Crippen molar-refractivity contribution in [1.82, 2.24) is 9.21 Å². The van der Waals surface area contributed by atoms with Crippen molar-refractivity contribution in [2.75, 3.05) is 26.2 Å². The molecule has 1 fully saturated rings. The predicted octanol–water partition coefficient (Wildman–Crippen LogP) is 3.16. The molecule has 2 aromatic rings. The van der Waals surface area contributed by atoms with Gasteiger partial charge in [0.05, 0.1) is 9.54 Å². The maximum absolute atomic E-state index is 12.5. The Bertz CT molecular complexity index is 738. The first-order valence-corrected chi connectivity index (χ1v) is 10.8. The molecule has 1 aliphatic heterocycles. The van der Waals surface area contributed by atoms with E-state index in [1.165, 1.54) is 5.56 Å². The van der Waals surface area contributed by atoms with Crippen LogP contribution in [-0.4, -0.2) is 43.8 Å². The highest BCUT2D eigenvalue weighted by molar-refractivity contribution is 9.11. The van der Waals surface area contributed by atoms with Crippen LogP contribution in [0.1, 0.15) is 11.1 Å². The fourth-order valence-electron chi connectivity index (χ4n) is 2.73. The highest BCUT2D eigenvalue weighted by Crippen LogP contribution is 2.22. The van der Waals surface area contributed by atoms with E-state index < -0.39 is 10.0 Å². The van der Waals surface area contributed by atoms with Crippen molar-refractivity contribution in [3.8, 4) is 0 Å². The summed E-state index contributed by atoms with van der Waals surface area (Å²) >= 11 is 5.16. The van der Waals surface area contributed by atoms with E-state index in [1.54, 1.807) is 15.6 Å². The van der Waals surface area contributed by atoms with E-state index in [0.717, 1.165) is 29.0 Å². The summed E-state index contributed by atoms with van der Waals surface area (Å²) in [5.41, 5.74) is 2.13. The molecular formula is C16H19BrN2O2S2. The van der Waals surface area contributed by atoms with Crippen molar-refractivity contribution in [2.24, 2.45) is 0 Å². The summed E-state index contributed by atoms with van der Waals surface area (Å²) in [4.78, 5) is 2.31. The van der Waals surface area contributed by atoms with E-state index in [4.69, 9.17) is 0 Å². The van der Waals surface area contributed by atoms with Crippen LogP contribution >= 0.6 is 27.3 Å². The Kier molecular flexibility index (Phi) is 5.53. The summed E-state index contributed by atoms with van der Waals surface area (Å²) in [6, 6.07) is 11.5. The molecule has 23 heavy (non-hydrogen) atoms. The molecular weight excluding hydrogens is 396 g/mol. The van der Waals surface area contributed by atoms with Crippen LogP contribution in [0, 0.1) is 0 Å². The maximum atomic E-state index is 12.5. The first-order valence-electron chi connectivity index (χ1n) is 7.50. The van der Waals surface area contributed by atoms with Crippen LogP contribution < -0.4 is 0 Å². The summed E-state index contributed by atoms with van der Waals surface area (Å²) < 4.78 is 27.8.